The van der Waals surface area contributed by atoms with E-state index in [0.717, 1.165) is 10.5 Å². The van der Waals surface area contributed by atoms with Crippen LogP contribution in [0.25, 0.3) is 0 Å². The molecule has 9 N–H and O–H groups in total. The average Bonchev–Trinajstić information content (AvgIpc) is 3.03. The molecule has 0 aliphatic heterocycles. The van der Waals surface area contributed by atoms with Crippen molar-refractivity contribution < 1.29 is 29.0 Å². The van der Waals surface area contributed by atoms with Crippen molar-refractivity contribution in [2.45, 2.75) is 84.2 Å². The van der Waals surface area contributed by atoms with Crippen molar-refractivity contribution in [2.24, 2.45) is 34.0 Å². The summed E-state index contributed by atoms with van der Waals surface area (Å²) in [4.78, 5) is 58.9. The lowest BCUT2D eigenvalue weighted by Crippen LogP contribution is -2.59. The molecule has 0 aliphatic carbocycles. The summed E-state index contributed by atoms with van der Waals surface area (Å²) < 4.78 is 5.60. The molecule has 0 heterocycles. The number of nitrogens with two attached hydrogens (primary N) is 3. The topological polar surface area (TPSA) is 215 Å². The summed E-state index contributed by atoms with van der Waals surface area (Å²) >= 11 is 0. The van der Waals surface area contributed by atoms with E-state index in [-0.39, 0.29) is 50.2 Å². The standard InChI is InChI=1S/C34H51N7O6/c1-22(2)18-27(40-30(43)26(35)16-11-17-38-33(36)37)32(45)41(34(46)47-21-25-14-9-6-10-15-25)28(23(3)4)20-39-31(44)29(42)19-24-12-7-5-8-13-24/h5-10,12-15,22-23,26-29,42H,11,16-21,35H2,1-4H3,(H,39,44)(H,40,43)(H4,36,37,38)/t26-,27-,28+,29+/m0/s1. The summed E-state index contributed by atoms with van der Waals surface area (Å²) in [7, 11) is 0. The number of aliphatic hydroxyl groups excluding tert-OH is 1. The van der Waals surface area contributed by atoms with E-state index in [1.165, 1.54) is 0 Å². The Morgan fingerprint density at radius 3 is 2.06 bits per heavy atom. The molecule has 2 aromatic carbocycles. The summed E-state index contributed by atoms with van der Waals surface area (Å²) in [5.41, 5.74) is 18.3. The Balaban J connectivity index is 2.30. The molecule has 0 fully saturated rings. The Labute approximate surface area is 277 Å². The molecule has 4 atom stereocenters. The fourth-order valence-corrected chi connectivity index (χ4v) is 4.85. The van der Waals surface area contributed by atoms with Gasteiger partial charge in [-0.3, -0.25) is 19.4 Å². The number of guanidine groups is 1. The molecule has 0 aromatic heterocycles. The van der Waals surface area contributed by atoms with Gasteiger partial charge in [-0.1, -0.05) is 88.4 Å². The van der Waals surface area contributed by atoms with E-state index in [9.17, 15) is 24.3 Å². The summed E-state index contributed by atoms with van der Waals surface area (Å²) in [6, 6.07) is 15.1. The maximum Gasteiger partial charge on any atom is 0.417 e. The number of imide groups is 1. The minimum absolute atomic E-state index is 0.0464. The first-order valence-corrected chi connectivity index (χ1v) is 15.9. The zero-order chi connectivity index (χ0) is 34.9. The van der Waals surface area contributed by atoms with Crippen molar-refractivity contribution in [1.82, 2.24) is 15.5 Å². The second kappa shape index (κ2) is 19.9. The van der Waals surface area contributed by atoms with Gasteiger partial charge in [0.1, 0.15) is 18.8 Å². The average molecular weight is 654 g/mol. The molecule has 258 valence electrons. The van der Waals surface area contributed by atoms with E-state index in [4.69, 9.17) is 21.9 Å². The van der Waals surface area contributed by atoms with Crippen LogP contribution in [0, 0.1) is 11.8 Å². The minimum Gasteiger partial charge on any atom is -0.444 e. The van der Waals surface area contributed by atoms with Crippen molar-refractivity contribution in [3.05, 3.63) is 71.8 Å². The second-order valence-corrected chi connectivity index (χ2v) is 12.3. The normalized spacial score (nSPS) is 13.6. The lowest BCUT2D eigenvalue weighted by molar-refractivity contribution is -0.139. The van der Waals surface area contributed by atoms with Gasteiger partial charge in [-0.05, 0) is 42.2 Å². The first-order chi connectivity index (χ1) is 22.3. The zero-order valence-electron chi connectivity index (χ0n) is 27.8. The minimum atomic E-state index is -1.35. The monoisotopic (exact) mass is 653 g/mol. The van der Waals surface area contributed by atoms with Crippen LogP contribution in [0.5, 0.6) is 0 Å². The van der Waals surface area contributed by atoms with E-state index in [0.29, 0.717) is 18.5 Å². The largest absolute Gasteiger partial charge is 0.444 e. The van der Waals surface area contributed by atoms with Crippen LogP contribution in [0.3, 0.4) is 0 Å². The number of rotatable bonds is 18. The Morgan fingerprint density at radius 2 is 1.51 bits per heavy atom. The number of hydrogen-bond donors (Lipinski definition) is 6. The number of aliphatic hydroxyl groups is 1. The van der Waals surface area contributed by atoms with Gasteiger partial charge in [0, 0.05) is 19.5 Å². The molecule has 0 saturated carbocycles. The third kappa shape index (κ3) is 13.8. The molecular formula is C34H51N7O6. The molecular weight excluding hydrogens is 602 g/mol. The first-order valence-electron chi connectivity index (χ1n) is 15.9. The van der Waals surface area contributed by atoms with Crippen LogP contribution in [0.15, 0.2) is 65.7 Å². The van der Waals surface area contributed by atoms with Gasteiger partial charge in [0.2, 0.25) is 11.8 Å². The number of amides is 4. The molecule has 2 rings (SSSR count). The van der Waals surface area contributed by atoms with Crippen molar-refractivity contribution in [3.8, 4) is 0 Å². The number of nitrogens with zero attached hydrogens (tertiary/aromatic N) is 2. The number of carbonyl (C=O) groups excluding carboxylic acids is 4. The Bertz CT molecular complexity index is 1300. The maximum absolute atomic E-state index is 14.3. The molecule has 2 aromatic rings. The van der Waals surface area contributed by atoms with Crippen LogP contribution < -0.4 is 27.8 Å². The first kappa shape index (κ1) is 38.7. The molecule has 0 unspecified atom stereocenters. The Kier molecular flexibility index (Phi) is 16.4. The third-order valence-corrected chi connectivity index (χ3v) is 7.43. The quantitative estimate of drug-likeness (QED) is 0.0785. The Hall–Kier alpha value is -4.49. The highest BCUT2D eigenvalue weighted by Gasteiger charge is 2.39. The van der Waals surface area contributed by atoms with E-state index in [2.05, 4.69) is 15.6 Å². The lowest BCUT2D eigenvalue weighted by Gasteiger charge is -2.35. The van der Waals surface area contributed by atoms with Crippen molar-refractivity contribution >= 4 is 29.8 Å². The predicted octanol–water partition coefficient (Wildman–Crippen LogP) is 1.81. The zero-order valence-corrected chi connectivity index (χ0v) is 27.8. The number of nitrogens with one attached hydrogen (secondary N) is 2. The van der Waals surface area contributed by atoms with Crippen molar-refractivity contribution in [2.75, 3.05) is 13.1 Å². The lowest BCUT2D eigenvalue weighted by atomic mass is 9.98. The van der Waals surface area contributed by atoms with Crippen LogP contribution in [0.2, 0.25) is 0 Å². The SMILES string of the molecule is CC(C)C[C@H](NC(=O)[C@@H](N)CCCN=C(N)N)C(=O)N(C(=O)OCc1ccccc1)[C@H](CNC(=O)[C@H](O)Cc1ccccc1)C(C)C. The number of benzene rings is 2. The van der Waals surface area contributed by atoms with Gasteiger partial charge in [0.25, 0.3) is 5.91 Å². The van der Waals surface area contributed by atoms with Crippen LogP contribution >= 0.6 is 0 Å². The predicted molar refractivity (Wildman–Crippen MR) is 181 cm³/mol. The third-order valence-electron chi connectivity index (χ3n) is 7.43. The molecule has 13 heteroatoms. The highest BCUT2D eigenvalue weighted by Crippen LogP contribution is 2.18. The fourth-order valence-electron chi connectivity index (χ4n) is 4.85. The van der Waals surface area contributed by atoms with Gasteiger partial charge in [-0.15, -0.1) is 0 Å². The summed E-state index contributed by atoms with van der Waals surface area (Å²) in [6.07, 6.45) is -1.27. The molecule has 0 spiro atoms. The smallest absolute Gasteiger partial charge is 0.417 e. The number of hydrogen-bond acceptors (Lipinski definition) is 8. The number of aliphatic imine (C=N–C) groups is 1. The van der Waals surface area contributed by atoms with Gasteiger partial charge >= 0.3 is 6.09 Å². The van der Waals surface area contributed by atoms with Crippen molar-refractivity contribution in [1.29, 1.82) is 0 Å². The van der Waals surface area contributed by atoms with E-state index in [1.54, 1.807) is 50.2 Å². The second-order valence-electron chi connectivity index (χ2n) is 12.3. The molecule has 0 aliphatic rings. The fraction of sp³-hybridized carbons (Fsp3) is 0.500. The highest BCUT2D eigenvalue weighted by molar-refractivity contribution is 5.98. The molecule has 0 bridgehead atoms. The Morgan fingerprint density at radius 1 is 0.915 bits per heavy atom. The maximum atomic E-state index is 14.3. The summed E-state index contributed by atoms with van der Waals surface area (Å²) in [5.74, 6) is -2.37. The van der Waals surface area contributed by atoms with Gasteiger partial charge in [-0.2, -0.15) is 0 Å². The molecule has 0 radical (unpaired) electrons. The van der Waals surface area contributed by atoms with Crippen LogP contribution in [-0.4, -0.2) is 77.1 Å². The van der Waals surface area contributed by atoms with Gasteiger partial charge in [-0.25, -0.2) is 9.69 Å². The van der Waals surface area contributed by atoms with Gasteiger partial charge in [0.05, 0.1) is 12.1 Å². The van der Waals surface area contributed by atoms with Crippen molar-refractivity contribution in [3.63, 3.8) is 0 Å². The number of carbonyl (C=O) groups is 4. The molecule has 4 amide bonds. The van der Waals surface area contributed by atoms with E-state index >= 15 is 0 Å². The van der Waals surface area contributed by atoms with E-state index in [1.807, 2.05) is 38.1 Å². The van der Waals surface area contributed by atoms with Crippen LogP contribution in [0.1, 0.15) is 58.1 Å². The van der Waals surface area contributed by atoms with E-state index < -0.39 is 48.0 Å². The summed E-state index contributed by atoms with van der Waals surface area (Å²) in [5, 5.41) is 16.0. The van der Waals surface area contributed by atoms with Crippen LogP contribution in [0.4, 0.5) is 4.79 Å². The van der Waals surface area contributed by atoms with Crippen LogP contribution in [-0.2, 0) is 32.1 Å². The molecule has 13 nitrogen and oxygen atoms in total. The highest BCUT2D eigenvalue weighted by atomic mass is 16.6. The molecule has 47 heavy (non-hydrogen) atoms. The molecule has 0 saturated heterocycles. The van der Waals surface area contributed by atoms with Gasteiger partial charge in [0.15, 0.2) is 5.96 Å². The summed E-state index contributed by atoms with van der Waals surface area (Å²) in [6.45, 7) is 7.40. The number of ether oxygens (including phenoxy) is 1. The van der Waals surface area contributed by atoms with Gasteiger partial charge < -0.3 is 37.7 Å².